The van der Waals surface area contributed by atoms with Gasteiger partial charge in [0.2, 0.25) is 0 Å². The van der Waals surface area contributed by atoms with E-state index in [1.807, 2.05) is 42.5 Å². The molecule has 1 aromatic rings. The van der Waals surface area contributed by atoms with E-state index in [1.165, 1.54) is 76.7 Å². The van der Waals surface area contributed by atoms with Gasteiger partial charge in [-0.1, -0.05) is 179 Å². The topological polar surface area (TPSA) is 286 Å². The molecule has 2 heterocycles. The molecule has 0 spiro atoms. The van der Waals surface area contributed by atoms with Crippen LogP contribution in [-0.2, 0) is 46.3 Å². The Morgan fingerprint density at radius 3 is 1.85 bits per heavy atom. The van der Waals surface area contributed by atoms with Gasteiger partial charge in [0, 0.05) is 19.0 Å². The van der Waals surface area contributed by atoms with Gasteiger partial charge < -0.3 is 45.1 Å². The van der Waals surface area contributed by atoms with Gasteiger partial charge in [-0.2, -0.15) is 9.29 Å². The predicted molar refractivity (Wildman–Crippen MR) is 285 cm³/mol. The number of carbonyl (C=O) groups is 2. The Morgan fingerprint density at radius 2 is 1.27 bits per heavy atom. The highest BCUT2D eigenvalue weighted by molar-refractivity contribution is 7.61. The van der Waals surface area contributed by atoms with Gasteiger partial charge in [-0.25, -0.2) is 13.9 Å². The van der Waals surface area contributed by atoms with Gasteiger partial charge in [-0.3, -0.25) is 23.2 Å². The van der Waals surface area contributed by atoms with Gasteiger partial charge in [0.15, 0.2) is 12.3 Å². The zero-order chi connectivity index (χ0) is 54.5. The summed E-state index contributed by atoms with van der Waals surface area (Å²) in [5.74, 6) is -0.585. The molecule has 1 aromatic heterocycles. The summed E-state index contributed by atoms with van der Waals surface area (Å²) < 4.78 is 56.8. The highest BCUT2D eigenvalue weighted by atomic mass is 31.3. The maximum Gasteiger partial charge on any atom is 0.481 e. The van der Waals surface area contributed by atoms with Crippen LogP contribution >= 0.6 is 15.6 Å². The lowest BCUT2D eigenvalue weighted by Gasteiger charge is -2.21. The summed E-state index contributed by atoms with van der Waals surface area (Å²) >= 11 is 0. The van der Waals surface area contributed by atoms with Gasteiger partial charge in [0.1, 0.15) is 30.7 Å². The Morgan fingerprint density at radius 1 is 0.730 bits per heavy atom. The number of phosphoric ester groups is 2. The van der Waals surface area contributed by atoms with E-state index in [1.54, 1.807) is 0 Å². The number of nitrogen functional groups attached to an aromatic ring is 1. The number of nitrogens with zero attached hydrogens (tertiary/aromatic N) is 2. The van der Waals surface area contributed by atoms with Gasteiger partial charge >= 0.3 is 33.3 Å². The average Bonchev–Trinajstić information content (AvgIpc) is 3.62. The Bertz CT molecular complexity index is 1960. The van der Waals surface area contributed by atoms with E-state index < -0.39 is 89.8 Å². The van der Waals surface area contributed by atoms with Crippen molar-refractivity contribution in [3.05, 3.63) is 71.4 Å². The van der Waals surface area contributed by atoms with Crippen LogP contribution in [0.3, 0.4) is 0 Å². The van der Waals surface area contributed by atoms with Crippen molar-refractivity contribution in [2.75, 3.05) is 25.6 Å². The van der Waals surface area contributed by atoms with Crippen LogP contribution in [0.25, 0.3) is 0 Å². The third kappa shape index (κ3) is 33.0. The summed E-state index contributed by atoms with van der Waals surface area (Å²) in [5.41, 5.74) is 4.58. The number of allylic oxidation sites excluding steroid dienone is 7. The molecule has 0 saturated carbocycles. The monoisotopic (exact) mass is 1090 g/mol. The molecule has 2 unspecified atom stereocenters. The fraction of sp³-hybridized carbons (Fsp3) is 0.736. The number of aliphatic hydroxyl groups excluding tert-OH is 3. The number of ether oxygens (including phenoxy) is 3. The highest BCUT2D eigenvalue weighted by Crippen LogP contribution is 2.60. The number of hydrogen-bond donors (Lipinski definition) is 6. The molecule has 21 heteroatoms. The van der Waals surface area contributed by atoms with E-state index in [4.69, 9.17) is 29.0 Å². The number of esters is 2. The van der Waals surface area contributed by atoms with Crippen molar-refractivity contribution < 1.29 is 71.4 Å². The van der Waals surface area contributed by atoms with Crippen molar-refractivity contribution in [3.8, 4) is 0 Å². The number of carbonyl (C=O) groups excluding carboxylic acids is 2. The number of phosphoric acid groups is 2. The Kier molecular flexibility index (Phi) is 36.1. The van der Waals surface area contributed by atoms with E-state index in [2.05, 4.69) is 36.1 Å². The summed E-state index contributed by atoms with van der Waals surface area (Å²) in [5, 5.41) is 30.8. The van der Waals surface area contributed by atoms with E-state index in [9.17, 15) is 48.6 Å². The van der Waals surface area contributed by atoms with Crippen molar-refractivity contribution in [2.24, 2.45) is 5.92 Å². The third-order valence-corrected chi connectivity index (χ3v) is 14.8. The highest BCUT2D eigenvalue weighted by Gasteiger charge is 2.46. The third-order valence-electron chi connectivity index (χ3n) is 12.2. The first-order chi connectivity index (χ1) is 35.4. The molecule has 1 saturated heterocycles. The lowest BCUT2D eigenvalue weighted by Crippen LogP contribution is -2.36. The SMILES string of the molecule is CCCC[C@@H](O)/C=C\C/C=C\C/C=C\C/C=C\CCCC(=O)O[C@H](COC(=O)CCCCCCCCCCCCCCCCCC(C)C)COP(=O)(O)OP(=O)(O)OC[C@H]1O[C@@H](n2ccc(N)nc2=O)[C@H](O)[C@@H]1O. The van der Waals surface area contributed by atoms with Gasteiger partial charge in [-0.15, -0.1) is 0 Å². The summed E-state index contributed by atoms with van der Waals surface area (Å²) in [6.45, 7) is 4.29. The number of aliphatic hydroxyl groups is 3. The molecule has 0 aromatic carbocycles. The molecule has 0 aliphatic carbocycles. The normalized spacial score (nSPS) is 19.7. The van der Waals surface area contributed by atoms with Gasteiger partial charge in [0.05, 0.1) is 19.3 Å². The van der Waals surface area contributed by atoms with Crippen LogP contribution in [0, 0.1) is 5.92 Å². The maximum atomic E-state index is 12.9. The molecule has 0 bridgehead atoms. The second-order valence-corrected chi connectivity index (χ2v) is 22.4. The minimum atomic E-state index is -5.45. The van der Waals surface area contributed by atoms with Crippen LogP contribution in [0.4, 0.5) is 5.82 Å². The molecular formula is C53H91N3O16P2. The van der Waals surface area contributed by atoms with Gasteiger partial charge in [0.25, 0.3) is 0 Å². The first-order valence-electron chi connectivity index (χ1n) is 27.1. The van der Waals surface area contributed by atoms with Gasteiger partial charge in [-0.05, 0) is 56.9 Å². The van der Waals surface area contributed by atoms with Crippen LogP contribution in [0.2, 0.25) is 0 Å². The number of nitrogens with two attached hydrogens (primary N) is 1. The molecule has 7 N–H and O–H groups in total. The number of unbranched alkanes of at least 4 members (excludes halogenated alkanes) is 16. The van der Waals surface area contributed by atoms with Crippen LogP contribution in [0.15, 0.2) is 65.7 Å². The molecule has 2 rings (SSSR count). The molecular weight excluding hydrogens is 997 g/mol. The lowest BCUT2D eigenvalue weighted by atomic mass is 10.0. The fourth-order valence-corrected chi connectivity index (χ4v) is 10.0. The first kappa shape index (κ1) is 66.8. The standard InChI is InChI=1S/C53H91N3O16P2/c1-4-5-34-44(57)35-30-26-22-18-14-11-12-16-20-24-28-32-37-49(59)70-45(40-67-48(58)36-31-27-23-19-15-10-8-6-7-9-13-17-21-25-29-33-43(2)3)41-68-73(63,64)72-74(65,66)69-42-46-50(60)51(61)52(71-46)56-39-38-47(54)55-53(56)62/h11-12,18,20,22,24,30,35,38-39,43-46,50-52,57,60-61H,4-10,13-17,19,21,23,25-29,31-34,36-37,40-42H2,1-3H3,(H,63,64)(H,65,66)(H2,54,55,62)/b12-11-,22-18-,24-20-,35-30-/t44-,45-,46-,50-,51-,52-/m1/s1. The number of aromatic nitrogens is 2. The molecule has 1 fully saturated rings. The minimum absolute atomic E-state index is 0.0423. The maximum absolute atomic E-state index is 12.9. The summed E-state index contributed by atoms with van der Waals surface area (Å²) in [4.78, 5) is 62.0. The van der Waals surface area contributed by atoms with Crippen molar-refractivity contribution in [1.29, 1.82) is 0 Å². The first-order valence-corrected chi connectivity index (χ1v) is 30.1. The fourth-order valence-electron chi connectivity index (χ4n) is 7.92. The second-order valence-electron chi connectivity index (χ2n) is 19.4. The second kappa shape index (κ2) is 40.0. The van der Waals surface area contributed by atoms with Crippen LogP contribution < -0.4 is 11.4 Å². The van der Waals surface area contributed by atoms with Crippen molar-refractivity contribution >= 4 is 33.4 Å². The van der Waals surface area contributed by atoms with Crippen LogP contribution in [-0.4, -0.2) is 96.9 Å². The molecule has 1 aliphatic heterocycles. The summed E-state index contributed by atoms with van der Waals surface area (Å²) in [7, 11) is -10.9. The quantitative estimate of drug-likeness (QED) is 0.0153. The van der Waals surface area contributed by atoms with Crippen LogP contribution in [0.1, 0.15) is 194 Å². The van der Waals surface area contributed by atoms with Crippen LogP contribution in [0.5, 0.6) is 0 Å². The molecule has 424 valence electrons. The molecule has 74 heavy (non-hydrogen) atoms. The number of rotatable bonds is 44. The summed E-state index contributed by atoms with van der Waals surface area (Å²) in [6, 6.07) is 1.24. The largest absolute Gasteiger partial charge is 0.481 e. The Labute approximate surface area is 440 Å². The lowest BCUT2D eigenvalue weighted by molar-refractivity contribution is -0.161. The predicted octanol–water partition coefficient (Wildman–Crippen LogP) is 10.6. The van der Waals surface area contributed by atoms with E-state index in [-0.39, 0.29) is 18.7 Å². The van der Waals surface area contributed by atoms with E-state index >= 15 is 0 Å². The molecule has 8 atom stereocenters. The zero-order valence-corrected chi connectivity index (χ0v) is 46.2. The average molecular weight is 1090 g/mol. The Hall–Kier alpha value is -3.32. The number of anilines is 1. The van der Waals surface area contributed by atoms with E-state index in [0.29, 0.717) is 25.7 Å². The molecule has 19 nitrogen and oxygen atoms in total. The Balaban J connectivity index is 1.80. The van der Waals surface area contributed by atoms with Crippen molar-refractivity contribution in [1.82, 2.24) is 9.55 Å². The smallest absolute Gasteiger partial charge is 0.462 e. The van der Waals surface area contributed by atoms with Crippen molar-refractivity contribution in [3.63, 3.8) is 0 Å². The molecule has 1 aliphatic rings. The zero-order valence-electron chi connectivity index (χ0n) is 44.4. The molecule has 0 radical (unpaired) electrons. The minimum Gasteiger partial charge on any atom is -0.462 e. The van der Waals surface area contributed by atoms with Crippen molar-refractivity contribution in [2.45, 2.75) is 224 Å². The number of hydrogen-bond acceptors (Lipinski definition) is 16. The van der Waals surface area contributed by atoms with E-state index in [0.717, 1.165) is 74.5 Å². The summed E-state index contributed by atoms with van der Waals surface area (Å²) in [6.07, 6.45) is 33.9. The molecule has 0 amide bonds.